The molecule has 0 aliphatic heterocycles. The minimum atomic E-state index is -0.321. The van der Waals surface area contributed by atoms with Crippen molar-refractivity contribution in [2.75, 3.05) is 0 Å². The van der Waals surface area contributed by atoms with Crippen LogP contribution < -0.4 is 5.56 Å². The molecule has 7 heteroatoms. The Morgan fingerprint density at radius 2 is 1.90 bits per heavy atom. The van der Waals surface area contributed by atoms with Gasteiger partial charge in [0.15, 0.2) is 5.82 Å². The second-order valence-corrected chi connectivity index (χ2v) is 4.76. The summed E-state index contributed by atoms with van der Waals surface area (Å²) >= 11 is 4.89. The van der Waals surface area contributed by atoms with Crippen molar-refractivity contribution in [2.45, 2.75) is 6.92 Å². The van der Waals surface area contributed by atoms with E-state index in [9.17, 15) is 4.79 Å². The maximum absolute atomic E-state index is 11.8. The van der Waals surface area contributed by atoms with Crippen molar-refractivity contribution in [1.29, 1.82) is 0 Å². The van der Waals surface area contributed by atoms with Crippen molar-refractivity contribution < 1.29 is 0 Å². The van der Waals surface area contributed by atoms with E-state index in [1.807, 2.05) is 31.2 Å². The van der Waals surface area contributed by atoms with Crippen molar-refractivity contribution >= 4 is 12.2 Å². The molecular formula is C13H11N5OS. The Labute approximate surface area is 118 Å². The largest absolute Gasteiger partial charge is 0.281 e. The van der Waals surface area contributed by atoms with E-state index in [-0.39, 0.29) is 5.56 Å². The summed E-state index contributed by atoms with van der Waals surface area (Å²) in [7, 11) is 0. The highest BCUT2D eigenvalue weighted by Crippen LogP contribution is 2.19. The zero-order chi connectivity index (χ0) is 14.1. The lowest BCUT2D eigenvalue weighted by Gasteiger charge is -2.02. The molecule has 3 N–H and O–H groups in total. The Morgan fingerprint density at radius 1 is 1.15 bits per heavy atom. The molecule has 0 saturated carbocycles. The van der Waals surface area contributed by atoms with Gasteiger partial charge >= 0.3 is 0 Å². The van der Waals surface area contributed by atoms with E-state index in [1.165, 1.54) is 0 Å². The molecule has 2 aromatic heterocycles. The molecule has 0 fully saturated rings. The van der Waals surface area contributed by atoms with E-state index in [4.69, 9.17) is 12.2 Å². The van der Waals surface area contributed by atoms with Crippen LogP contribution in [0.15, 0.2) is 35.1 Å². The van der Waals surface area contributed by atoms with Crippen molar-refractivity contribution in [1.82, 2.24) is 25.4 Å². The lowest BCUT2D eigenvalue weighted by atomic mass is 10.1. The number of aromatic nitrogens is 5. The number of benzene rings is 1. The Bertz CT molecular complexity index is 859. The highest BCUT2D eigenvalue weighted by atomic mass is 32.1. The number of hydrogen-bond donors (Lipinski definition) is 3. The summed E-state index contributed by atoms with van der Waals surface area (Å²) in [5.41, 5.74) is 2.82. The number of aromatic amines is 3. The standard InChI is InChI=1S/C13H11N5OS/c1-7-2-4-8(5-3-7)10-6-9(12(19)17-15-10)11-14-13(20)18-16-11/h2-6H,1H3,(H,17,19)(H2,14,16,18,20). The number of H-pyrrole nitrogens is 3. The smallest absolute Gasteiger partial charge is 0.275 e. The van der Waals surface area contributed by atoms with E-state index in [1.54, 1.807) is 6.07 Å². The summed E-state index contributed by atoms with van der Waals surface area (Å²) in [5, 5.41) is 12.0. The minimum Gasteiger partial charge on any atom is -0.281 e. The average Bonchev–Trinajstić information content (AvgIpc) is 2.87. The second-order valence-electron chi connectivity index (χ2n) is 4.38. The monoisotopic (exact) mass is 285 g/mol. The number of rotatable bonds is 2. The molecule has 0 amide bonds. The predicted octanol–water partition coefficient (Wildman–Crippen LogP) is 2.19. The van der Waals surface area contributed by atoms with Gasteiger partial charge in [0, 0.05) is 5.56 Å². The molecule has 1 aromatic carbocycles. The topological polar surface area (TPSA) is 90.2 Å². The highest BCUT2D eigenvalue weighted by molar-refractivity contribution is 7.71. The molecule has 0 saturated heterocycles. The van der Waals surface area contributed by atoms with Gasteiger partial charge in [-0.3, -0.25) is 15.0 Å². The fourth-order valence-electron chi connectivity index (χ4n) is 1.85. The zero-order valence-corrected chi connectivity index (χ0v) is 11.4. The fraction of sp³-hybridized carbons (Fsp3) is 0.0769. The van der Waals surface area contributed by atoms with Crippen molar-refractivity contribution in [3.05, 3.63) is 51.0 Å². The number of hydrogen-bond acceptors (Lipinski definition) is 4. The van der Waals surface area contributed by atoms with Gasteiger partial charge in [0.1, 0.15) is 0 Å². The van der Waals surface area contributed by atoms with Gasteiger partial charge in [0.2, 0.25) is 4.77 Å². The van der Waals surface area contributed by atoms with E-state index in [2.05, 4.69) is 25.4 Å². The Balaban J connectivity index is 2.13. The molecule has 3 rings (SSSR count). The summed E-state index contributed by atoms with van der Waals surface area (Å²) in [6, 6.07) is 9.57. The molecule has 0 aliphatic carbocycles. The normalized spacial score (nSPS) is 10.7. The Hall–Kier alpha value is -2.54. The third-order valence-electron chi connectivity index (χ3n) is 2.91. The maximum Gasteiger partial charge on any atom is 0.275 e. The summed E-state index contributed by atoms with van der Waals surface area (Å²) in [6.45, 7) is 2.01. The molecule has 0 atom stereocenters. The first-order valence-electron chi connectivity index (χ1n) is 5.95. The van der Waals surface area contributed by atoms with E-state index in [0.717, 1.165) is 11.1 Å². The van der Waals surface area contributed by atoms with Crippen LogP contribution in [0.4, 0.5) is 0 Å². The van der Waals surface area contributed by atoms with Gasteiger partial charge in [-0.05, 0) is 25.2 Å². The van der Waals surface area contributed by atoms with Crippen LogP contribution in [0.1, 0.15) is 5.56 Å². The van der Waals surface area contributed by atoms with Crippen molar-refractivity contribution in [3.8, 4) is 22.6 Å². The molecule has 0 unspecified atom stereocenters. The Morgan fingerprint density at radius 3 is 2.55 bits per heavy atom. The first-order chi connectivity index (χ1) is 9.63. The van der Waals surface area contributed by atoms with E-state index in [0.29, 0.717) is 21.9 Å². The van der Waals surface area contributed by atoms with Crippen LogP contribution >= 0.6 is 12.2 Å². The molecule has 100 valence electrons. The third kappa shape index (κ3) is 2.30. The van der Waals surface area contributed by atoms with Gasteiger partial charge in [-0.1, -0.05) is 29.8 Å². The van der Waals surface area contributed by atoms with Gasteiger partial charge in [0.25, 0.3) is 5.56 Å². The molecule has 0 bridgehead atoms. The summed E-state index contributed by atoms with van der Waals surface area (Å²) in [6.07, 6.45) is 0. The van der Waals surface area contributed by atoms with Crippen LogP contribution in [0.2, 0.25) is 0 Å². The van der Waals surface area contributed by atoms with Crippen LogP contribution in [0.5, 0.6) is 0 Å². The molecule has 20 heavy (non-hydrogen) atoms. The fourth-order valence-corrected chi connectivity index (χ4v) is 1.99. The molecular weight excluding hydrogens is 274 g/mol. The van der Waals surface area contributed by atoms with Crippen LogP contribution in [0, 0.1) is 11.7 Å². The molecule has 2 heterocycles. The van der Waals surface area contributed by atoms with Crippen LogP contribution in [-0.4, -0.2) is 25.4 Å². The summed E-state index contributed by atoms with van der Waals surface area (Å²) < 4.78 is 0.299. The van der Waals surface area contributed by atoms with Gasteiger partial charge in [-0.15, -0.1) is 0 Å². The first-order valence-corrected chi connectivity index (χ1v) is 6.36. The van der Waals surface area contributed by atoms with Gasteiger partial charge < -0.3 is 0 Å². The highest BCUT2D eigenvalue weighted by Gasteiger charge is 2.10. The van der Waals surface area contributed by atoms with Gasteiger partial charge in [0.05, 0.1) is 11.3 Å². The maximum atomic E-state index is 11.8. The lowest BCUT2D eigenvalue weighted by molar-refractivity contribution is 0.989. The quantitative estimate of drug-likeness (QED) is 0.629. The predicted molar refractivity (Wildman–Crippen MR) is 77.8 cm³/mol. The Kier molecular flexibility index (Phi) is 3.03. The summed E-state index contributed by atoms with van der Waals surface area (Å²) in [5.74, 6) is 0.395. The molecule has 0 aliphatic rings. The molecule has 6 nitrogen and oxygen atoms in total. The number of nitrogens with zero attached hydrogens (tertiary/aromatic N) is 2. The van der Waals surface area contributed by atoms with Crippen molar-refractivity contribution in [3.63, 3.8) is 0 Å². The van der Waals surface area contributed by atoms with Gasteiger partial charge in [-0.2, -0.15) is 10.1 Å². The minimum absolute atomic E-state index is 0.299. The SMILES string of the molecule is Cc1ccc(-c2cc(-c3nc(=S)[nH][nH]3)c(=O)[nH]n2)cc1. The van der Waals surface area contributed by atoms with E-state index >= 15 is 0 Å². The number of aryl methyl sites for hydroxylation is 1. The van der Waals surface area contributed by atoms with Gasteiger partial charge in [-0.25, -0.2) is 5.10 Å². The van der Waals surface area contributed by atoms with Crippen molar-refractivity contribution in [2.24, 2.45) is 0 Å². The molecule has 3 aromatic rings. The van der Waals surface area contributed by atoms with E-state index < -0.39 is 0 Å². The second kappa shape index (κ2) is 4.86. The number of nitrogens with one attached hydrogen (secondary N) is 3. The summed E-state index contributed by atoms with van der Waals surface area (Å²) in [4.78, 5) is 15.9. The third-order valence-corrected chi connectivity index (χ3v) is 3.10. The molecule has 0 spiro atoms. The lowest BCUT2D eigenvalue weighted by Crippen LogP contribution is -2.12. The van der Waals surface area contributed by atoms with Crippen LogP contribution in [-0.2, 0) is 0 Å². The zero-order valence-electron chi connectivity index (χ0n) is 10.6. The van der Waals surface area contributed by atoms with Crippen LogP contribution in [0.3, 0.4) is 0 Å². The molecule has 0 radical (unpaired) electrons. The van der Waals surface area contributed by atoms with Crippen LogP contribution in [0.25, 0.3) is 22.6 Å². The average molecular weight is 285 g/mol. The first kappa shape index (κ1) is 12.5.